The van der Waals surface area contributed by atoms with Crippen LogP contribution in [0.4, 0.5) is 0 Å². The Morgan fingerprint density at radius 1 is 0.540 bits per heavy atom. The third-order valence-corrected chi connectivity index (χ3v) is 13.4. The summed E-state index contributed by atoms with van der Waals surface area (Å²) in [6.45, 7) is 4.90. The molecule has 0 rings (SSSR count). The van der Waals surface area contributed by atoms with E-state index in [9.17, 15) is 19.4 Å². The smallest absolute Gasteiger partial charge is 0.391 e. The van der Waals surface area contributed by atoms with Gasteiger partial charge < -0.3 is 19.8 Å². The van der Waals surface area contributed by atoms with Crippen molar-refractivity contribution in [1.29, 1.82) is 0 Å². The number of phosphoric acid groups is 1. The van der Waals surface area contributed by atoms with Crippen LogP contribution in [-0.4, -0.2) is 73.4 Å². The minimum atomic E-state index is -4.32. The van der Waals surface area contributed by atoms with Gasteiger partial charge in [0.1, 0.15) is 13.2 Å². The average molecular weight is 912 g/mol. The maximum Gasteiger partial charge on any atom is 0.472 e. The number of quaternary nitrogens is 1. The fraction of sp³-hybridized carbons (Fsp3) is 0.907. The SMILES string of the molecule is CCCCCCC/C=C\C/C=C\CCCCCCCCCCCCCCCCCC(=O)NC(COP(=O)(O)OCC[N+](C)(C)C)C(O)CCCCCCCCCCCCCCCC. The van der Waals surface area contributed by atoms with Gasteiger partial charge in [0.15, 0.2) is 0 Å². The molecule has 3 unspecified atom stereocenters. The van der Waals surface area contributed by atoms with Gasteiger partial charge in [0.05, 0.1) is 39.9 Å². The summed E-state index contributed by atoms with van der Waals surface area (Å²) in [5.41, 5.74) is 0. The van der Waals surface area contributed by atoms with Crippen LogP contribution in [-0.2, 0) is 18.4 Å². The maximum absolute atomic E-state index is 13.0. The van der Waals surface area contributed by atoms with Gasteiger partial charge in [0.25, 0.3) is 0 Å². The zero-order valence-corrected chi connectivity index (χ0v) is 43.5. The van der Waals surface area contributed by atoms with Crippen LogP contribution in [0, 0.1) is 0 Å². The predicted octanol–water partition coefficient (Wildman–Crippen LogP) is 16.0. The minimum Gasteiger partial charge on any atom is -0.391 e. The van der Waals surface area contributed by atoms with Gasteiger partial charge in [-0.3, -0.25) is 13.8 Å². The van der Waals surface area contributed by atoms with E-state index < -0.39 is 20.0 Å². The number of carbonyl (C=O) groups is 1. The number of phosphoric ester groups is 1. The van der Waals surface area contributed by atoms with E-state index in [1.807, 2.05) is 21.1 Å². The lowest BCUT2D eigenvalue weighted by molar-refractivity contribution is -0.870. The Morgan fingerprint density at radius 3 is 1.30 bits per heavy atom. The van der Waals surface area contributed by atoms with Crippen LogP contribution in [0.3, 0.4) is 0 Å². The molecule has 0 radical (unpaired) electrons. The summed E-state index contributed by atoms with van der Waals surface area (Å²) in [7, 11) is 1.62. The van der Waals surface area contributed by atoms with Crippen LogP contribution >= 0.6 is 7.82 Å². The number of amides is 1. The fourth-order valence-electron chi connectivity index (χ4n) is 8.14. The molecule has 0 aromatic heterocycles. The van der Waals surface area contributed by atoms with Crippen molar-refractivity contribution in [2.75, 3.05) is 40.9 Å². The van der Waals surface area contributed by atoms with Crippen molar-refractivity contribution < 1.29 is 32.9 Å². The average Bonchev–Trinajstić information content (AvgIpc) is 3.24. The quantitative estimate of drug-likeness (QED) is 0.0243. The van der Waals surface area contributed by atoms with E-state index in [1.54, 1.807) is 0 Å². The molecule has 0 aliphatic rings. The molecule has 8 nitrogen and oxygen atoms in total. The first-order chi connectivity index (χ1) is 30.5. The summed E-state index contributed by atoms with van der Waals surface area (Å²) in [6, 6.07) is -0.758. The number of likely N-dealkylation sites (N-methyl/N-ethyl adjacent to an activating group) is 1. The Bertz CT molecular complexity index is 1080. The van der Waals surface area contributed by atoms with Gasteiger partial charge in [-0.1, -0.05) is 237 Å². The Balaban J connectivity index is 4.11. The van der Waals surface area contributed by atoms with E-state index in [-0.39, 0.29) is 19.1 Å². The highest BCUT2D eigenvalue weighted by atomic mass is 31.2. The molecular formula is C54H108N2O6P+. The van der Waals surface area contributed by atoms with E-state index in [1.165, 1.54) is 193 Å². The Hall–Kier alpha value is -1.02. The molecule has 1 amide bonds. The zero-order valence-electron chi connectivity index (χ0n) is 42.6. The van der Waals surface area contributed by atoms with Gasteiger partial charge in [-0.25, -0.2) is 4.57 Å². The van der Waals surface area contributed by atoms with Gasteiger partial charge in [-0.05, 0) is 44.9 Å². The van der Waals surface area contributed by atoms with Crippen LogP contribution in [0.1, 0.15) is 264 Å². The number of rotatable bonds is 50. The second-order valence-corrected chi connectivity index (χ2v) is 21.4. The summed E-state index contributed by atoms with van der Waals surface area (Å²) >= 11 is 0. The van der Waals surface area contributed by atoms with Gasteiger partial charge in [-0.15, -0.1) is 0 Å². The van der Waals surface area contributed by atoms with Crippen LogP contribution in [0.5, 0.6) is 0 Å². The van der Waals surface area contributed by atoms with Crippen molar-refractivity contribution in [2.45, 2.75) is 276 Å². The first-order valence-electron chi connectivity index (χ1n) is 27.2. The summed E-state index contributed by atoms with van der Waals surface area (Å²) in [4.78, 5) is 23.3. The highest BCUT2D eigenvalue weighted by Crippen LogP contribution is 2.43. The van der Waals surface area contributed by atoms with E-state index in [0.717, 1.165) is 44.9 Å². The summed E-state index contributed by atoms with van der Waals surface area (Å²) in [5, 5.41) is 14.0. The molecule has 0 heterocycles. The number of unbranched alkanes of at least 4 members (excludes halogenated alkanes) is 33. The molecule has 0 saturated carbocycles. The number of hydrogen-bond donors (Lipinski definition) is 3. The molecule has 9 heteroatoms. The molecule has 63 heavy (non-hydrogen) atoms. The van der Waals surface area contributed by atoms with E-state index >= 15 is 0 Å². The van der Waals surface area contributed by atoms with Crippen molar-refractivity contribution in [3.63, 3.8) is 0 Å². The highest BCUT2D eigenvalue weighted by Gasteiger charge is 2.28. The van der Waals surface area contributed by atoms with Crippen molar-refractivity contribution in [3.8, 4) is 0 Å². The van der Waals surface area contributed by atoms with Crippen LogP contribution in [0.2, 0.25) is 0 Å². The summed E-state index contributed by atoms with van der Waals surface area (Å²) < 4.78 is 23.7. The van der Waals surface area contributed by atoms with Crippen LogP contribution < -0.4 is 5.32 Å². The molecule has 0 aliphatic heterocycles. The predicted molar refractivity (Wildman–Crippen MR) is 272 cm³/mol. The molecule has 0 bridgehead atoms. The monoisotopic (exact) mass is 912 g/mol. The number of nitrogens with one attached hydrogen (secondary N) is 1. The van der Waals surface area contributed by atoms with Crippen LogP contribution in [0.15, 0.2) is 24.3 Å². The largest absolute Gasteiger partial charge is 0.472 e. The van der Waals surface area contributed by atoms with E-state index in [2.05, 4.69) is 43.5 Å². The van der Waals surface area contributed by atoms with Crippen molar-refractivity contribution in [1.82, 2.24) is 5.32 Å². The normalized spacial score (nSPS) is 14.2. The number of allylic oxidation sites excluding steroid dienone is 4. The van der Waals surface area contributed by atoms with Crippen molar-refractivity contribution in [2.24, 2.45) is 0 Å². The topological polar surface area (TPSA) is 105 Å². The lowest BCUT2D eigenvalue weighted by Crippen LogP contribution is -2.46. The van der Waals surface area contributed by atoms with Crippen molar-refractivity contribution >= 4 is 13.7 Å². The maximum atomic E-state index is 13.0. The molecule has 3 atom stereocenters. The van der Waals surface area contributed by atoms with E-state index in [4.69, 9.17) is 9.05 Å². The minimum absolute atomic E-state index is 0.0763. The fourth-order valence-corrected chi connectivity index (χ4v) is 8.87. The van der Waals surface area contributed by atoms with Gasteiger partial charge in [0.2, 0.25) is 5.91 Å². The zero-order chi connectivity index (χ0) is 46.4. The molecule has 0 spiro atoms. The Morgan fingerprint density at radius 2 is 0.905 bits per heavy atom. The molecule has 0 aromatic rings. The summed E-state index contributed by atoms with van der Waals surface area (Å²) in [5.74, 6) is -0.142. The van der Waals surface area contributed by atoms with Gasteiger partial charge >= 0.3 is 7.82 Å². The third-order valence-electron chi connectivity index (χ3n) is 12.5. The molecule has 374 valence electrons. The number of hydrogen-bond acceptors (Lipinski definition) is 5. The third kappa shape index (κ3) is 48.7. The van der Waals surface area contributed by atoms with E-state index in [0.29, 0.717) is 23.9 Å². The Kier molecular flexibility index (Phi) is 45.4. The van der Waals surface area contributed by atoms with Gasteiger partial charge in [0, 0.05) is 6.42 Å². The Labute approximate surface area is 392 Å². The molecular weight excluding hydrogens is 804 g/mol. The highest BCUT2D eigenvalue weighted by molar-refractivity contribution is 7.47. The molecule has 0 aromatic carbocycles. The number of aliphatic hydroxyl groups excluding tert-OH is 1. The summed E-state index contributed by atoms with van der Waals surface area (Å²) in [6.07, 6.45) is 56.5. The molecule has 0 fully saturated rings. The second-order valence-electron chi connectivity index (χ2n) is 20.0. The lowest BCUT2D eigenvalue weighted by Gasteiger charge is -2.26. The number of aliphatic hydroxyl groups is 1. The van der Waals surface area contributed by atoms with Crippen molar-refractivity contribution in [3.05, 3.63) is 24.3 Å². The number of nitrogens with zero attached hydrogens (tertiary/aromatic N) is 1. The first kappa shape index (κ1) is 62.0. The molecule has 0 aliphatic carbocycles. The first-order valence-corrected chi connectivity index (χ1v) is 28.7. The van der Waals surface area contributed by atoms with Gasteiger partial charge in [-0.2, -0.15) is 0 Å². The second kappa shape index (κ2) is 46.1. The standard InChI is InChI=1S/C54H107N2O6P/c1-6-8-10-12-14-16-18-20-22-23-24-25-26-27-28-29-30-31-32-33-34-36-38-40-42-44-46-48-54(58)55-52(51-62-63(59,60)61-50-49-56(3,4)5)53(57)47-45-43-41-39-37-35-21-19-17-15-13-11-9-7-2/h18,20,23-24,52-53,57H,6-17,19,21-22,25-51H2,1-5H3,(H-,55,58,59,60)/p+1/b20-18-,24-23-. The van der Waals surface area contributed by atoms with Crippen LogP contribution in [0.25, 0.3) is 0 Å². The molecule has 3 N–H and O–H groups in total. The number of carbonyl (C=O) groups excluding carboxylic acids is 1. The molecule has 0 saturated heterocycles. The lowest BCUT2D eigenvalue weighted by atomic mass is 10.0.